The molecule has 0 fully saturated rings. The van der Waals surface area contributed by atoms with Gasteiger partial charge in [0, 0.05) is 27.8 Å². The monoisotopic (exact) mass is 472 g/mol. The summed E-state index contributed by atoms with van der Waals surface area (Å²) < 4.78 is 30.0. The van der Waals surface area contributed by atoms with Crippen molar-refractivity contribution in [1.29, 1.82) is 0 Å². The molecule has 1 rings (SSSR count). The number of aliphatic hydroxyl groups excluding tert-OH is 1. The summed E-state index contributed by atoms with van der Waals surface area (Å²) in [5.41, 5.74) is 0.368. The minimum Gasteiger partial charge on any atom is -0.404 e. The molecule has 0 aliphatic heterocycles. The molecule has 1 aromatic carbocycles. The second kappa shape index (κ2) is 10.3. The molecule has 1 N–H and O–H groups in total. The molecule has 0 saturated heterocycles. The number of phosphoric acid groups is 1. The van der Waals surface area contributed by atoms with Gasteiger partial charge in [0.05, 0.1) is 29.9 Å². The summed E-state index contributed by atoms with van der Waals surface area (Å²) in [5.74, 6) is 0.149. The standard InChI is InChI=1S/C17H31Cl2O5PSi2/c1-26(2,3)9-7-22-25(21,23-8-10-27(4,5)6)24-17-12-16(19)15(18)11-14(17)13-20/h11-12,20H,7-10,13H2,1-6H3. The highest BCUT2D eigenvalue weighted by molar-refractivity contribution is 7.49. The van der Waals surface area contributed by atoms with E-state index in [1.54, 1.807) is 0 Å². The van der Waals surface area contributed by atoms with Crippen LogP contribution in [0.2, 0.25) is 61.4 Å². The van der Waals surface area contributed by atoms with Crippen LogP contribution in [0.5, 0.6) is 5.75 Å². The lowest BCUT2D eigenvalue weighted by Crippen LogP contribution is -2.23. The summed E-state index contributed by atoms with van der Waals surface area (Å²) >= 11 is 12.0. The summed E-state index contributed by atoms with van der Waals surface area (Å²) in [6.07, 6.45) is 0. The number of hydrogen-bond acceptors (Lipinski definition) is 5. The van der Waals surface area contributed by atoms with E-state index in [1.165, 1.54) is 12.1 Å². The minimum atomic E-state index is -3.86. The molecule has 0 amide bonds. The van der Waals surface area contributed by atoms with Crippen molar-refractivity contribution in [2.75, 3.05) is 13.2 Å². The molecule has 0 aromatic heterocycles. The van der Waals surface area contributed by atoms with Crippen LogP contribution in [-0.2, 0) is 20.2 Å². The fourth-order valence-corrected chi connectivity index (χ4v) is 5.25. The van der Waals surface area contributed by atoms with Gasteiger partial charge in [-0.25, -0.2) is 4.57 Å². The first-order valence-electron chi connectivity index (χ1n) is 8.92. The van der Waals surface area contributed by atoms with Crippen molar-refractivity contribution in [2.45, 2.75) is 58.0 Å². The van der Waals surface area contributed by atoms with Crippen LogP contribution in [0.3, 0.4) is 0 Å². The van der Waals surface area contributed by atoms with E-state index < -0.39 is 24.0 Å². The summed E-state index contributed by atoms with van der Waals surface area (Å²) in [5, 5.41) is 10.1. The zero-order valence-electron chi connectivity index (χ0n) is 17.0. The van der Waals surface area contributed by atoms with Gasteiger partial charge in [-0.05, 0) is 18.2 Å². The molecule has 0 bridgehead atoms. The van der Waals surface area contributed by atoms with Crippen molar-refractivity contribution in [3.63, 3.8) is 0 Å². The van der Waals surface area contributed by atoms with Gasteiger partial charge >= 0.3 is 7.82 Å². The molecule has 0 atom stereocenters. The van der Waals surface area contributed by atoms with E-state index in [0.717, 1.165) is 12.1 Å². The number of phosphoric ester groups is 1. The van der Waals surface area contributed by atoms with Crippen LogP contribution in [-0.4, -0.2) is 34.5 Å². The van der Waals surface area contributed by atoms with E-state index in [4.69, 9.17) is 36.8 Å². The molecule has 1 aromatic rings. The van der Waals surface area contributed by atoms with Crippen LogP contribution in [0.1, 0.15) is 5.56 Å². The van der Waals surface area contributed by atoms with E-state index in [2.05, 4.69) is 39.3 Å². The van der Waals surface area contributed by atoms with Gasteiger partial charge in [-0.2, -0.15) is 0 Å². The number of benzene rings is 1. The number of hydrogen-bond donors (Lipinski definition) is 1. The molecule has 0 heterocycles. The summed E-state index contributed by atoms with van der Waals surface area (Å²) in [6.45, 7) is 13.5. The lowest BCUT2D eigenvalue weighted by atomic mass is 10.2. The normalized spacial score (nSPS) is 13.1. The fourth-order valence-electron chi connectivity index (χ4n) is 1.92. The average Bonchev–Trinajstić information content (AvgIpc) is 2.48. The minimum absolute atomic E-state index is 0.149. The predicted molar refractivity (Wildman–Crippen MR) is 119 cm³/mol. The van der Waals surface area contributed by atoms with Gasteiger partial charge in [0.15, 0.2) is 0 Å². The van der Waals surface area contributed by atoms with E-state index in [1.807, 2.05) is 0 Å². The van der Waals surface area contributed by atoms with Gasteiger partial charge in [-0.1, -0.05) is 62.5 Å². The van der Waals surface area contributed by atoms with Gasteiger partial charge in [0.2, 0.25) is 0 Å². The number of halogens is 2. The lowest BCUT2D eigenvalue weighted by Gasteiger charge is -2.23. The molecule has 10 heteroatoms. The molecule has 0 aliphatic rings. The number of rotatable bonds is 11. The third kappa shape index (κ3) is 9.95. The van der Waals surface area contributed by atoms with Gasteiger partial charge in [-0.3, -0.25) is 9.05 Å². The second-order valence-corrected chi connectivity index (χ2v) is 22.5. The van der Waals surface area contributed by atoms with Gasteiger partial charge in [0.1, 0.15) is 5.75 Å². The zero-order valence-corrected chi connectivity index (χ0v) is 21.4. The van der Waals surface area contributed by atoms with Gasteiger partial charge in [0.25, 0.3) is 0 Å². The fraction of sp³-hybridized carbons (Fsp3) is 0.647. The molecule has 0 spiro atoms. The summed E-state index contributed by atoms with van der Waals surface area (Å²) in [4.78, 5) is 0. The molecule has 0 radical (unpaired) electrons. The maximum atomic E-state index is 13.2. The maximum absolute atomic E-state index is 13.2. The number of aliphatic hydroxyl groups is 1. The largest absolute Gasteiger partial charge is 0.530 e. The molecular weight excluding hydrogens is 442 g/mol. The zero-order chi connectivity index (χ0) is 20.9. The van der Waals surface area contributed by atoms with Gasteiger partial charge < -0.3 is 9.63 Å². The summed E-state index contributed by atoms with van der Waals surface area (Å²) in [6, 6.07) is 4.55. The Kier molecular flexibility index (Phi) is 9.57. The molecule has 5 nitrogen and oxygen atoms in total. The topological polar surface area (TPSA) is 65.0 Å². The van der Waals surface area contributed by atoms with E-state index >= 15 is 0 Å². The van der Waals surface area contributed by atoms with Gasteiger partial charge in [-0.15, -0.1) is 0 Å². The van der Waals surface area contributed by atoms with E-state index in [9.17, 15) is 9.67 Å². The highest BCUT2D eigenvalue weighted by atomic mass is 35.5. The van der Waals surface area contributed by atoms with Crippen LogP contribution in [0.25, 0.3) is 0 Å². The quantitative estimate of drug-likeness (QED) is 0.287. The SMILES string of the molecule is C[Si](C)(C)CCOP(=O)(OCC[Si](C)(C)C)Oc1cc(Cl)c(Cl)cc1CO. The third-order valence-corrected chi connectivity index (χ3v) is 9.24. The lowest BCUT2D eigenvalue weighted by molar-refractivity contribution is 0.165. The first kappa shape index (κ1) is 25.2. The van der Waals surface area contributed by atoms with Crippen molar-refractivity contribution in [2.24, 2.45) is 0 Å². The van der Waals surface area contributed by atoms with Crippen LogP contribution >= 0.6 is 31.0 Å². The van der Waals surface area contributed by atoms with Crippen LogP contribution < -0.4 is 4.52 Å². The molecular formula is C17H31Cl2O5PSi2. The highest BCUT2D eigenvalue weighted by Gasteiger charge is 2.31. The Hall–Kier alpha value is 0.144. The smallest absolute Gasteiger partial charge is 0.404 e. The van der Waals surface area contributed by atoms with Crippen molar-refractivity contribution in [3.8, 4) is 5.75 Å². The molecule has 0 saturated carbocycles. The Bertz CT molecular complexity index is 651. The van der Waals surface area contributed by atoms with Crippen molar-refractivity contribution in [3.05, 3.63) is 27.7 Å². The third-order valence-electron chi connectivity index (χ3n) is 3.69. The Morgan fingerprint density at radius 3 is 1.78 bits per heavy atom. The first-order valence-corrected chi connectivity index (χ1v) is 18.6. The molecule has 0 aliphatic carbocycles. The van der Waals surface area contributed by atoms with Crippen molar-refractivity contribution >= 4 is 47.2 Å². The average molecular weight is 473 g/mol. The Morgan fingerprint density at radius 1 is 0.926 bits per heavy atom. The Labute approximate surface area is 174 Å². The first-order chi connectivity index (χ1) is 12.2. The highest BCUT2D eigenvalue weighted by Crippen LogP contribution is 2.51. The maximum Gasteiger partial charge on any atom is 0.530 e. The summed E-state index contributed by atoms with van der Waals surface area (Å²) in [7, 11) is -6.60. The molecule has 0 unspecified atom stereocenters. The molecule has 156 valence electrons. The van der Waals surface area contributed by atoms with Crippen LogP contribution in [0.4, 0.5) is 0 Å². The van der Waals surface area contributed by atoms with Crippen molar-refractivity contribution in [1.82, 2.24) is 0 Å². The predicted octanol–water partition coefficient (Wildman–Crippen LogP) is 6.68. The van der Waals surface area contributed by atoms with Crippen molar-refractivity contribution < 1.29 is 23.2 Å². The molecule has 27 heavy (non-hydrogen) atoms. The van der Waals surface area contributed by atoms with E-state index in [0.29, 0.717) is 5.56 Å². The van der Waals surface area contributed by atoms with Crippen LogP contribution in [0.15, 0.2) is 12.1 Å². The van der Waals surface area contributed by atoms with Crippen LogP contribution in [0, 0.1) is 0 Å². The van der Waals surface area contributed by atoms with E-state index in [-0.39, 0.29) is 35.6 Å². The Morgan fingerprint density at radius 2 is 1.37 bits per heavy atom. The Balaban J connectivity index is 2.99. The second-order valence-electron chi connectivity index (χ2n) is 8.86.